The molecule has 0 N–H and O–H groups in total. The van der Waals surface area contributed by atoms with Crippen LogP contribution in [-0.2, 0) is 9.53 Å². The molecule has 5 nitrogen and oxygen atoms in total. The molecule has 0 aromatic heterocycles. The van der Waals surface area contributed by atoms with Crippen LogP contribution in [0.1, 0.15) is 11.1 Å². The van der Waals surface area contributed by atoms with Gasteiger partial charge < -0.3 is 14.2 Å². The maximum absolute atomic E-state index is 12.0. The first-order valence-corrected chi connectivity index (χ1v) is 7.00. The van der Waals surface area contributed by atoms with E-state index >= 15 is 0 Å². The van der Waals surface area contributed by atoms with Crippen molar-refractivity contribution >= 4 is 17.9 Å². The number of carbonyl (C=O) groups is 1. The van der Waals surface area contributed by atoms with Gasteiger partial charge in [0.2, 0.25) is 5.90 Å². The lowest BCUT2D eigenvalue weighted by atomic mass is 10.2. The number of ether oxygens (including phenoxy) is 3. The smallest absolute Gasteiger partial charge is 0.363 e. The highest BCUT2D eigenvalue weighted by Gasteiger charge is 2.24. The lowest BCUT2D eigenvalue weighted by molar-refractivity contribution is -0.129. The first kappa shape index (κ1) is 14.8. The molecular formula is C18H15NO4. The molecule has 23 heavy (non-hydrogen) atoms. The van der Waals surface area contributed by atoms with Crippen molar-refractivity contribution in [2.24, 2.45) is 4.99 Å². The lowest BCUT2D eigenvalue weighted by Gasteiger charge is -2.01. The standard InChI is InChI=1S/C18H15NO4/c1-21-14-8-6-13(7-9-14)17-19-16(18(20)23-17)11-12-4-3-5-15(10-12)22-2/h3-11H,1-2H3/b16-11+. The molecule has 0 fully saturated rings. The van der Waals surface area contributed by atoms with Crippen LogP contribution in [0.15, 0.2) is 59.2 Å². The highest BCUT2D eigenvalue weighted by Crippen LogP contribution is 2.22. The molecule has 2 aromatic carbocycles. The summed E-state index contributed by atoms with van der Waals surface area (Å²) in [5.41, 5.74) is 1.79. The Balaban J connectivity index is 1.89. The minimum Gasteiger partial charge on any atom is -0.497 e. The van der Waals surface area contributed by atoms with Crippen molar-refractivity contribution < 1.29 is 19.0 Å². The molecule has 0 unspecified atom stereocenters. The van der Waals surface area contributed by atoms with Gasteiger partial charge in [-0.25, -0.2) is 9.79 Å². The molecule has 3 rings (SSSR count). The van der Waals surface area contributed by atoms with Crippen LogP contribution in [-0.4, -0.2) is 26.1 Å². The van der Waals surface area contributed by atoms with E-state index in [-0.39, 0.29) is 11.6 Å². The third-order valence-corrected chi connectivity index (χ3v) is 3.35. The number of aliphatic imine (C=N–C) groups is 1. The van der Waals surface area contributed by atoms with Gasteiger partial charge in [0.15, 0.2) is 5.70 Å². The van der Waals surface area contributed by atoms with Crippen LogP contribution < -0.4 is 9.47 Å². The van der Waals surface area contributed by atoms with Crippen molar-refractivity contribution in [3.05, 3.63) is 65.4 Å². The Kier molecular flexibility index (Phi) is 4.10. The molecule has 0 atom stereocenters. The maximum Gasteiger partial charge on any atom is 0.363 e. The van der Waals surface area contributed by atoms with E-state index in [4.69, 9.17) is 14.2 Å². The summed E-state index contributed by atoms with van der Waals surface area (Å²) in [6.07, 6.45) is 1.67. The molecule has 0 saturated heterocycles. The predicted molar refractivity (Wildman–Crippen MR) is 86.6 cm³/mol. The van der Waals surface area contributed by atoms with Gasteiger partial charge in [-0.15, -0.1) is 0 Å². The molecule has 1 heterocycles. The van der Waals surface area contributed by atoms with Crippen molar-refractivity contribution in [3.63, 3.8) is 0 Å². The quantitative estimate of drug-likeness (QED) is 0.643. The number of methoxy groups -OCH3 is 2. The van der Waals surface area contributed by atoms with Crippen LogP contribution in [0.3, 0.4) is 0 Å². The summed E-state index contributed by atoms with van der Waals surface area (Å²) in [4.78, 5) is 16.2. The number of hydrogen-bond donors (Lipinski definition) is 0. The average Bonchev–Trinajstić information content (AvgIpc) is 2.96. The summed E-state index contributed by atoms with van der Waals surface area (Å²) in [7, 11) is 3.19. The van der Waals surface area contributed by atoms with E-state index in [1.807, 2.05) is 24.3 Å². The van der Waals surface area contributed by atoms with Gasteiger partial charge in [-0.2, -0.15) is 0 Å². The van der Waals surface area contributed by atoms with Gasteiger partial charge in [0.25, 0.3) is 0 Å². The van der Waals surface area contributed by atoms with E-state index in [0.717, 1.165) is 11.3 Å². The van der Waals surface area contributed by atoms with E-state index in [9.17, 15) is 4.79 Å². The summed E-state index contributed by atoms with van der Waals surface area (Å²) in [6.45, 7) is 0. The van der Waals surface area contributed by atoms with Gasteiger partial charge in [0.1, 0.15) is 11.5 Å². The zero-order valence-electron chi connectivity index (χ0n) is 12.8. The van der Waals surface area contributed by atoms with Crippen molar-refractivity contribution in [3.8, 4) is 11.5 Å². The van der Waals surface area contributed by atoms with Crippen LogP contribution in [0.2, 0.25) is 0 Å². The molecule has 0 bridgehead atoms. The van der Waals surface area contributed by atoms with E-state index in [1.165, 1.54) is 0 Å². The van der Waals surface area contributed by atoms with Crippen LogP contribution in [0.4, 0.5) is 0 Å². The van der Waals surface area contributed by atoms with Crippen LogP contribution in [0.5, 0.6) is 11.5 Å². The summed E-state index contributed by atoms with van der Waals surface area (Å²) in [5.74, 6) is 1.25. The number of carbonyl (C=O) groups excluding carboxylic acids is 1. The summed E-state index contributed by atoms with van der Waals surface area (Å²) < 4.78 is 15.5. The number of esters is 1. The molecule has 1 aliphatic heterocycles. The van der Waals surface area contributed by atoms with Crippen LogP contribution in [0.25, 0.3) is 6.08 Å². The largest absolute Gasteiger partial charge is 0.497 e. The molecule has 0 spiro atoms. The number of cyclic esters (lactones) is 1. The molecule has 0 radical (unpaired) electrons. The summed E-state index contributed by atoms with van der Waals surface area (Å²) in [5, 5.41) is 0. The zero-order valence-corrected chi connectivity index (χ0v) is 12.8. The van der Waals surface area contributed by atoms with Crippen molar-refractivity contribution in [2.75, 3.05) is 14.2 Å². The summed E-state index contributed by atoms with van der Waals surface area (Å²) in [6, 6.07) is 14.5. The van der Waals surface area contributed by atoms with Gasteiger partial charge in [-0.05, 0) is 48.0 Å². The van der Waals surface area contributed by atoms with Gasteiger partial charge in [-0.1, -0.05) is 12.1 Å². The van der Waals surface area contributed by atoms with Gasteiger partial charge in [0, 0.05) is 5.56 Å². The number of rotatable bonds is 4. The van der Waals surface area contributed by atoms with E-state index in [0.29, 0.717) is 11.3 Å². The van der Waals surface area contributed by atoms with E-state index < -0.39 is 5.97 Å². The Morgan fingerprint density at radius 1 is 1.00 bits per heavy atom. The van der Waals surface area contributed by atoms with Crippen LogP contribution >= 0.6 is 0 Å². The molecule has 5 heteroatoms. The van der Waals surface area contributed by atoms with Gasteiger partial charge >= 0.3 is 5.97 Å². The second kappa shape index (κ2) is 6.36. The maximum atomic E-state index is 12.0. The number of benzene rings is 2. The van der Waals surface area contributed by atoms with E-state index in [1.54, 1.807) is 44.6 Å². The Bertz CT molecular complexity index is 791. The number of nitrogens with zero attached hydrogens (tertiary/aromatic N) is 1. The Hall–Kier alpha value is -3.08. The number of hydrogen-bond acceptors (Lipinski definition) is 5. The SMILES string of the molecule is COc1ccc(C2=N/C(=C/c3cccc(OC)c3)C(=O)O2)cc1. The van der Waals surface area contributed by atoms with Crippen molar-refractivity contribution in [1.82, 2.24) is 0 Å². The third-order valence-electron chi connectivity index (χ3n) is 3.35. The van der Waals surface area contributed by atoms with Gasteiger partial charge in [0.05, 0.1) is 14.2 Å². The second-order valence-electron chi connectivity index (χ2n) is 4.84. The first-order chi connectivity index (χ1) is 11.2. The minimum absolute atomic E-state index is 0.254. The topological polar surface area (TPSA) is 57.1 Å². The molecule has 1 aliphatic rings. The van der Waals surface area contributed by atoms with Crippen molar-refractivity contribution in [1.29, 1.82) is 0 Å². The highest BCUT2D eigenvalue weighted by atomic mass is 16.6. The monoisotopic (exact) mass is 309 g/mol. The Morgan fingerprint density at radius 3 is 2.43 bits per heavy atom. The van der Waals surface area contributed by atoms with Gasteiger partial charge in [-0.3, -0.25) is 0 Å². The summed E-state index contributed by atoms with van der Waals surface area (Å²) >= 11 is 0. The molecule has 0 saturated carbocycles. The minimum atomic E-state index is -0.473. The molecule has 0 aliphatic carbocycles. The zero-order chi connectivity index (χ0) is 16.2. The molecule has 2 aromatic rings. The molecule has 0 amide bonds. The molecular weight excluding hydrogens is 294 g/mol. The van der Waals surface area contributed by atoms with Crippen LogP contribution in [0, 0.1) is 0 Å². The second-order valence-corrected chi connectivity index (χ2v) is 4.84. The fraction of sp³-hybridized carbons (Fsp3) is 0.111. The third kappa shape index (κ3) is 3.23. The van der Waals surface area contributed by atoms with Crippen molar-refractivity contribution in [2.45, 2.75) is 0 Å². The fourth-order valence-electron chi connectivity index (χ4n) is 2.16. The predicted octanol–water partition coefficient (Wildman–Crippen LogP) is 3.05. The first-order valence-electron chi connectivity index (χ1n) is 7.00. The highest BCUT2D eigenvalue weighted by molar-refractivity contribution is 6.12. The molecule has 116 valence electrons. The van der Waals surface area contributed by atoms with E-state index in [2.05, 4.69) is 4.99 Å². The normalized spacial score (nSPS) is 15.3. The Labute approximate surface area is 133 Å². The fourth-order valence-corrected chi connectivity index (χ4v) is 2.16. The lowest BCUT2D eigenvalue weighted by Crippen LogP contribution is -2.05. The average molecular weight is 309 g/mol. The Morgan fingerprint density at radius 2 is 1.74 bits per heavy atom.